The average Bonchev–Trinajstić information content (AvgIpc) is 3.28. The highest BCUT2D eigenvalue weighted by molar-refractivity contribution is 6.28. The molecular formula is C23H23F3N6O. The second-order valence-electron chi connectivity index (χ2n) is 8.04. The Labute approximate surface area is 189 Å². The first-order valence-electron chi connectivity index (χ1n) is 10.4. The number of aryl methyl sites for hydroxylation is 1. The van der Waals surface area contributed by atoms with Crippen molar-refractivity contribution in [1.29, 1.82) is 0 Å². The van der Waals surface area contributed by atoms with E-state index in [4.69, 9.17) is 0 Å². The first kappa shape index (κ1) is 22.7. The number of tetrazole rings is 1. The standard InChI is InChI=1S/C23H23F3N6O/c1-16-6-8-19(9-7-16)32-22(27-28-29-32)20(15-31-12-10-30(2)11-13-31)21(33)17-4-3-5-18(14-17)23(24,25)26/h3-9,14-15H,10-13H2,1-2H3. The molecule has 10 heteroatoms. The zero-order chi connectivity index (χ0) is 23.6. The van der Waals surface area contributed by atoms with Crippen molar-refractivity contribution in [2.24, 2.45) is 0 Å². The Balaban J connectivity index is 1.78. The van der Waals surface area contributed by atoms with E-state index in [1.807, 2.05) is 43.1 Å². The normalized spacial score (nSPS) is 15.7. The average molecular weight is 456 g/mol. The second kappa shape index (κ2) is 9.14. The molecule has 0 aliphatic carbocycles. The predicted molar refractivity (Wildman–Crippen MR) is 117 cm³/mol. The molecule has 0 atom stereocenters. The molecule has 0 saturated carbocycles. The van der Waals surface area contributed by atoms with E-state index in [1.54, 1.807) is 6.20 Å². The van der Waals surface area contributed by atoms with Gasteiger partial charge in [0.05, 0.1) is 16.8 Å². The third-order valence-electron chi connectivity index (χ3n) is 5.54. The number of benzene rings is 2. The van der Waals surface area contributed by atoms with Crippen LogP contribution in [0.4, 0.5) is 13.2 Å². The molecule has 2 aromatic carbocycles. The van der Waals surface area contributed by atoms with Crippen LogP contribution in [0.1, 0.15) is 27.3 Å². The number of ketones is 1. The number of hydrogen-bond donors (Lipinski definition) is 0. The number of nitrogens with zero attached hydrogens (tertiary/aromatic N) is 6. The molecule has 172 valence electrons. The van der Waals surface area contributed by atoms with Crippen molar-refractivity contribution in [1.82, 2.24) is 30.0 Å². The topological polar surface area (TPSA) is 67.2 Å². The third kappa shape index (κ3) is 5.11. The molecule has 0 N–H and O–H groups in total. The van der Waals surface area contributed by atoms with Crippen LogP contribution in [0.15, 0.2) is 54.7 Å². The number of halogens is 3. The summed E-state index contributed by atoms with van der Waals surface area (Å²) in [6.07, 6.45) is -2.90. The second-order valence-corrected chi connectivity index (χ2v) is 8.04. The van der Waals surface area contributed by atoms with Crippen molar-refractivity contribution in [3.05, 3.63) is 77.2 Å². The quantitative estimate of drug-likeness (QED) is 0.433. The predicted octanol–water partition coefficient (Wildman–Crippen LogP) is 3.46. The molecule has 0 unspecified atom stereocenters. The Morgan fingerprint density at radius 3 is 2.39 bits per heavy atom. The number of carbonyl (C=O) groups is 1. The lowest BCUT2D eigenvalue weighted by atomic mass is 10.0. The van der Waals surface area contributed by atoms with Gasteiger partial charge in [0, 0.05) is 37.9 Å². The van der Waals surface area contributed by atoms with E-state index >= 15 is 0 Å². The minimum Gasteiger partial charge on any atom is -0.374 e. The third-order valence-corrected chi connectivity index (χ3v) is 5.54. The van der Waals surface area contributed by atoms with Gasteiger partial charge in [0.25, 0.3) is 0 Å². The highest BCUT2D eigenvalue weighted by atomic mass is 19.4. The minimum absolute atomic E-state index is 0.0799. The zero-order valence-corrected chi connectivity index (χ0v) is 18.3. The van der Waals surface area contributed by atoms with Gasteiger partial charge in [-0.1, -0.05) is 29.8 Å². The molecular weight excluding hydrogens is 433 g/mol. The summed E-state index contributed by atoms with van der Waals surface area (Å²) in [7, 11) is 2.01. The van der Waals surface area contributed by atoms with Crippen molar-refractivity contribution < 1.29 is 18.0 Å². The Morgan fingerprint density at radius 1 is 1.03 bits per heavy atom. The van der Waals surface area contributed by atoms with Crippen LogP contribution in [0.5, 0.6) is 0 Å². The van der Waals surface area contributed by atoms with Crippen molar-refractivity contribution in [2.75, 3.05) is 33.2 Å². The van der Waals surface area contributed by atoms with E-state index < -0.39 is 17.5 Å². The molecule has 0 radical (unpaired) electrons. The SMILES string of the molecule is Cc1ccc(-n2nnnc2C(=CN2CCN(C)CC2)C(=O)c2cccc(C(F)(F)F)c2)cc1. The van der Waals surface area contributed by atoms with Crippen molar-refractivity contribution >= 4 is 11.4 Å². The van der Waals surface area contributed by atoms with Gasteiger partial charge >= 0.3 is 6.18 Å². The molecule has 0 bridgehead atoms. The summed E-state index contributed by atoms with van der Waals surface area (Å²) < 4.78 is 41.2. The number of likely N-dealkylation sites (N-methyl/N-ethyl adjacent to an activating group) is 1. The first-order chi connectivity index (χ1) is 15.7. The smallest absolute Gasteiger partial charge is 0.374 e. The van der Waals surface area contributed by atoms with E-state index in [0.29, 0.717) is 18.8 Å². The summed E-state index contributed by atoms with van der Waals surface area (Å²) in [5.41, 5.74) is 0.849. The van der Waals surface area contributed by atoms with Crippen molar-refractivity contribution in [3.8, 4) is 5.69 Å². The lowest BCUT2D eigenvalue weighted by molar-refractivity contribution is -0.137. The van der Waals surface area contributed by atoms with Crippen molar-refractivity contribution in [2.45, 2.75) is 13.1 Å². The van der Waals surface area contributed by atoms with Gasteiger partial charge in [-0.3, -0.25) is 4.79 Å². The largest absolute Gasteiger partial charge is 0.416 e. The van der Waals surface area contributed by atoms with Gasteiger partial charge in [0.2, 0.25) is 0 Å². The molecule has 1 aromatic heterocycles. The lowest BCUT2D eigenvalue weighted by Crippen LogP contribution is -2.42. The molecule has 4 rings (SSSR count). The fourth-order valence-electron chi connectivity index (χ4n) is 3.56. The van der Waals surface area contributed by atoms with Crippen LogP contribution in [0.3, 0.4) is 0 Å². The fraction of sp³-hybridized carbons (Fsp3) is 0.304. The summed E-state index contributed by atoms with van der Waals surface area (Å²) in [5, 5.41) is 11.8. The van der Waals surface area contributed by atoms with Gasteiger partial charge in [-0.05, 0) is 48.7 Å². The van der Waals surface area contributed by atoms with Gasteiger partial charge in [-0.15, -0.1) is 5.10 Å². The maximum Gasteiger partial charge on any atom is 0.416 e. The summed E-state index contributed by atoms with van der Waals surface area (Å²) in [6, 6.07) is 11.8. The molecule has 3 aromatic rings. The van der Waals surface area contributed by atoms with Crippen LogP contribution < -0.4 is 0 Å². The maximum absolute atomic E-state index is 13.5. The van der Waals surface area contributed by atoms with Crippen LogP contribution in [0, 0.1) is 6.92 Å². The summed E-state index contributed by atoms with van der Waals surface area (Å²) in [5.74, 6) is -0.414. The number of piperazine rings is 1. The molecule has 0 amide bonds. The number of hydrogen-bond acceptors (Lipinski definition) is 6. The Hall–Kier alpha value is -3.53. The highest BCUT2D eigenvalue weighted by Crippen LogP contribution is 2.31. The van der Waals surface area contributed by atoms with E-state index in [0.717, 1.165) is 30.8 Å². The Morgan fingerprint density at radius 2 is 1.73 bits per heavy atom. The van der Waals surface area contributed by atoms with Crippen LogP contribution in [0.2, 0.25) is 0 Å². The Bertz CT molecular complexity index is 1160. The van der Waals surface area contributed by atoms with Gasteiger partial charge in [0.15, 0.2) is 11.6 Å². The first-order valence-corrected chi connectivity index (χ1v) is 10.4. The van der Waals surface area contributed by atoms with Crippen LogP contribution >= 0.6 is 0 Å². The molecule has 1 saturated heterocycles. The molecule has 7 nitrogen and oxygen atoms in total. The zero-order valence-electron chi connectivity index (χ0n) is 18.3. The number of alkyl halides is 3. The van der Waals surface area contributed by atoms with Gasteiger partial charge in [0.1, 0.15) is 0 Å². The monoisotopic (exact) mass is 456 g/mol. The van der Waals surface area contributed by atoms with Crippen LogP contribution in [-0.2, 0) is 6.18 Å². The maximum atomic E-state index is 13.5. The number of carbonyl (C=O) groups excluding carboxylic acids is 1. The van der Waals surface area contributed by atoms with Gasteiger partial charge in [-0.2, -0.15) is 17.9 Å². The van der Waals surface area contributed by atoms with Crippen LogP contribution in [-0.4, -0.2) is 69.0 Å². The van der Waals surface area contributed by atoms with Gasteiger partial charge < -0.3 is 9.80 Å². The fourth-order valence-corrected chi connectivity index (χ4v) is 3.56. The molecule has 0 spiro atoms. The summed E-state index contributed by atoms with van der Waals surface area (Å²) in [6.45, 7) is 4.87. The molecule has 1 fully saturated rings. The lowest BCUT2D eigenvalue weighted by Gasteiger charge is -2.32. The van der Waals surface area contributed by atoms with E-state index in [1.165, 1.54) is 16.8 Å². The van der Waals surface area contributed by atoms with Crippen LogP contribution in [0.25, 0.3) is 11.3 Å². The highest BCUT2D eigenvalue weighted by Gasteiger charge is 2.32. The molecule has 33 heavy (non-hydrogen) atoms. The van der Waals surface area contributed by atoms with E-state index in [-0.39, 0.29) is 17.0 Å². The molecule has 2 heterocycles. The summed E-state index contributed by atoms with van der Waals surface area (Å²) >= 11 is 0. The molecule has 1 aliphatic rings. The number of allylic oxidation sites excluding steroid dienone is 1. The van der Waals surface area contributed by atoms with Crippen molar-refractivity contribution in [3.63, 3.8) is 0 Å². The number of rotatable bonds is 5. The van der Waals surface area contributed by atoms with E-state index in [2.05, 4.69) is 20.4 Å². The summed E-state index contributed by atoms with van der Waals surface area (Å²) in [4.78, 5) is 17.6. The molecule has 1 aliphatic heterocycles. The number of aromatic nitrogens is 4. The van der Waals surface area contributed by atoms with Gasteiger partial charge in [-0.25, -0.2) is 0 Å². The Kier molecular flexibility index (Phi) is 6.28. The minimum atomic E-state index is -4.55. The number of Topliss-reactive ketones (excluding diaryl/α,β-unsaturated/α-hetero) is 1. The van der Waals surface area contributed by atoms with E-state index in [9.17, 15) is 18.0 Å².